The first kappa shape index (κ1) is 27.1. The van der Waals surface area contributed by atoms with Crippen molar-refractivity contribution in [2.45, 2.75) is 50.2 Å². The van der Waals surface area contributed by atoms with Crippen LogP contribution in [0.2, 0.25) is 0 Å². The Morgan fingerprint density at radius 1 is 1.00 bits per heavy atom. The molecule has 2 rings (SSSR count). The molecule has 2 aromatic rings. The van der Waals surface area contributed by atoms with Gasteiger partial charge in [-0.1, -0.05) is 18.2 Å². The number of aliphatic carboxylic acids is 1. The Morgan fingerprint density at radius 2 is 1.69 bits per heavy atom. The maximum atomic E-state index is 13.1. The molecule has 0 fully saturated rings. The van der Waals surface area contributed by atoms with Crippen molar-refractivity contribution >= 4 is 40.6 Å². The van der Waals surface area contributed by atoms with E-state index < -0.39 is 41.8 Å². The van der Waals surface area contributed by atoms with Crippen molar-refractivity contribution in [3.63, 3.8) is 0 Å². The van der Waals surface area contributed by atoms with E-state index >= 15 is 0 Å². The van der Waals surface area contributed by atoms with Gasteiger partial charge in [-0.2, -0.15) is 0 Å². The predicted molar refractivity (Wildman–Crippen MR) is 130 cm³/mol. The number of benzene rings is 1. The third-order valence-corrected chi connectivity index (χ3v) is 5.33. The molecule has 3 atom stereocenters. The monoisotopic (exact) mass is 488 g/mol. The number of hydrogen-bond donors (Lipinski definition) is 8. The van der Waals surface area contributed by atoms with Crippen molar-refractivity contribution in [1.82, 2.24) is 15.6 Å². The fourth-order valence-corrected chi connectivity index (χ4v) is 3.48. The predicted octanol–water partition coefficient (Wildman–Crippen LogP) is -1.59. The molecule has 0 aliphatic rings. The molecule has 13 nitrogen and oxygen atoms in total. The highest BCUT2D eigenvalue weighted by Gasteiger charge is 2.29. The number of para-hydroxylation sites is 1. The van der Waals surface area contributed by atoms with Gasteiger partial charge in [-0.05, 0) is 30.9 Å². The number of nitrogens with zero attached hydrogens (tertiary/aromatic N) is 1. The topological polar surface area (TPSA) is 245 Å². The van der Waals surface area contributed by atoms with Crippen LogP contribution in [0.4, 0.5) is 0 Å². The number of fused-ring (bicyclic) bond motifs is 1. The molecule has 35 heavy (non-hydrogen) atoms. The Bertz CT molecular complexity index is 1080. The molecule has 13 heteroatoms. The highest BCUT2D eigenvalue weighted by molar-refractivity contribution is 5.93. The van der Waals surface area contributed by atoms with Gasteiger partial charge in [0.15, 0.2) is 5.96 Å². The van der Waals surface area contributed by atoms with Gasteiger partial charge in [0, 0.05) is 36.5 Å². The molecule has 0 radical (unpaired) electrons. The second-order valence-electron chi connectivity index (χ2n) is 8.08. The maximum absolute atomic E-state index is 13.1. The van der Waals surface area contributed by atoms with Crippen LogP contribution < -0.4 is 33.6 Å². The van der Waals surface area contributed by atoms with Crippen LogP contribution >= 0.6 is 0 Å². The molecule has 0 aliphatic carbocycles. The molecule has 3 unspecified atom stereocenters. The Morgan fingerprint density at radius 3 is 2.34 bits per heavy atom. The van der Waals surface area contributed by atoms with E-state index in [1.807, 2.05) is 24.3 Å². The van der Waals surface area contributed by atoms with Gasteiger partial charge in [0.05, 0.1) is 6.04 Å². The molecule has 0 saturated heterocycles. The summed E-state index contributed by atoms with van der Waals surface area (Å²) in [4.78, 5) is 55.4. The van der Waals surface area contributed by atoms with Crippen LogP contribution in [0.25, 0.3) is 10.9 Å². The quantitative estimate of drug-likeness (QED) is 0.0872. The number of guanidine groups is 1. The van der Waals surface area contributed by atoms with Crippen LogP contribution in [0.5, 0.6) is 0 Å². The van der Waals surface area contributed by atoms with Gasteiger partial charge in [-0.3, -0.25) is 19.4 Å². The minimum Gasteiger partial charge on any atom is -0.480 e. The number of H-pyrrole nitrogens is 1. The summed E-state index contributed by atoms with van der Waals surface area (Å²) in [6.07, 6.45) is 2.09. The van der Waals surface area contributed by atoms with Crippen molar-refractivity contribution in [1.29, 1.82) is 0 Å². The van der Waals surface area contributed by atoms with Gasteiger partial charge >= 0.3 is 5.97 Å². The highest BCUT2D eigenvalue weighted by atomic mass is 16.4. The standard InChI is InChI=1S/C22H32N8O5/c23-14(5-3-9-27-22(25)26)19(32)30-17(10-12-11-28-15-6-2-1-4-13(12)15)20(33)29-16(21(34)35)7-8-18(24)31/h1-2,4,6,11,14,16-17,28H,3,5,7-10,23H2,(H2,24,31)(H,29,33)(H,30,32)(H,34,35)(H4,25,26,27). The molecule has 0 aliphatic heterocycles. The van der Waals surface area contributed by atoms with Gasteiger partial charge in [-0.25, -0.2) is 4.79 Å². The lowest BCUT2D eigenvalue weighted by Crippen LogP contribution is -2.55. The van der Waals surface area contributed by atoms with Crippen LogP contribution in [0.1, 0.15) is 31.2 Å². The second-order valence-corrected chi connectivity index (χ2v) is 8.08. The Labute approximate surface area is 201 Å². The number of carbonyl (C=O) groups is 4. The van der Waals surface area contributed by atoms with E-state index in [1.54, 1.807) is 6.20 Å². The first-order chi connectivity index (χ1) is 16.6. The second kappa shape index (κ2) is 12.9. The number of primary amides is 1. The number of carbonyl (C=O) groups excluding carboxylic acids is 3. The number of carboxylic acids is 1. The average molecular weight is 489 g/mol. The van der Waals surface area contributed by atoms with E-state index in [0.717, 1.165) is 16.5 Å². The molecule has 1 heterocycles. The first-order valence-electron chi connectivity index (χ1n) is 11.1. The van der Waals surface area contributed by atoms with Gasteiger partial charge in [0.2, 0.25) is 17.7 Å². The number of aliphatic imine (C=N–C) groups is 1. The zero-order valence-electron chi connectivity index (χ0n) is 19.2. The Hall–Kier alpha value is -4.13. The van der Waals surface area contributed by atoms with Crippen LogP contribution in [0.15, 0.2) is 35.5 Å². The molecular weight excluding hydrogens is 456 g/mol. The van der Waals surface area contributed by atoms with Crippen LogP contribution in [-0.2, 0) is 25.6 Å². The molecule has 1 aromatic carbocycles. The van der Waals surface area contributed by atoms with Crippen LogP contribution in [0.3, 0.4) is 0 Å². The zero-order chi connectivity index (χ0) is 26.0. The fourth-order valence-electron chi connectivity index (χ4n) is 3.48. The highest BCUT2D eigenvalue weighted by Crippen LogP contribution is 2.19. The number of nitrogens with one attached hydrogen (secondary N) is 3. The number of rotatable bonds is 14. The number of aromatic nitrogens is 1. The Kier molecular flexibility index (Phi) is 10.0. The lowest BCUT2D eigenvalue weighted by atomic mass is 10.0. The largest absolute Gasteiger partial charge is 0.480 e. The minimum atomic E-state index is -1.36. The summed E-state index contributed by atoms with van der Waals surface area (Å²) < 4.78 is 0. The number of carboxylic acid groups (broad SMARTS) is 1. The summed E-state index contributed by atoms with van der Waals surface area (Å²) in [5.74, 6) is -3.40. The molecule has 0 spiro atoms. The molecule has 0 bridgehead atoms. The summed E-state index contributed by atoms with van der Waals surface area (Å²) in [5.41, 5.74) is 23.2. The normalized spacial score (nSPS) is 13.4. The SMILES string of the molecule is NC(=O)CCC(NC(=O)C(Cc1c[nH]c2ccccc12)NC(=O)C(N)CCCN=C(N)N)C(=O)O. The summed E-state index contributed by atoms with van der Waals surface area (Å²) in [6, 6.07) is 4.00. The van der Waals surface area contributed by atoms with E-state index in [4.69, 9.17) is 22.9 Å². The number of nitrogens with two attached hydrogens (primary N) is 4. The summed E-state index contributed by atoms with van der Waals surface area (Å²) >= 11 is 0. The average Bonchev–Trinajstić information content (AvgIpc) is 3.21. The minimum absolute atomic E-state index is 0.0668. The molecule has 3 amide bonds. The van der Waals surface area contributed by atoms with E-state index in [1.165, 1.54) is 0 Å². The maximum Gasteiger partial charge on any atom is 0.326 e. The Balaban J connectivity index is 2.17. The van der Waals surface area contributed by atoms with Gasteiger partial charge in [-0.15, -0.1) is 0 Å². The molecule has 190 valence electrons. The van der Waals surface area contributed by atoms with Crippen molar-refractivity contribution in [3.05, 3.63) is 36.0 Å². The van der Waals surface area contributed by atoms with Crippen molar-refractivity contribution in [3.8, 4) is 0 Å². The fraction of sp³-hybridized carbons (Fsp3) is 0.409. The van der Waals surface area contributed by atoms with Gasteiger partial charge < -0.3 is 43.7 Å². The molecule has 0 saturated carbocycles. The third-order valence-electron chi connectivity index (χ3n) is 5.33. The number of hydrogen-bond acceptors (Lipinski definition) is 6. The van der Waals surface area contributed by atoms with Crippen molar-refractivity contribution in [2.75, 3.05) is 6.54 Å². The van der Waals surface area contributed by atoms with Crippen LogP contribution in [-0.4, -0.2) is 64.4 Å². The lowest BCUT2D eigenvalue weighted by Gasteiger charge is -2.23. The van der Waals surface area contributed by atoms with Crippen molar-refractivity contribution < 1.29 is 24.3 Å². The molecular formula is C22H32N8O5. The zero-order valence-corrected chi connectivity index (χ0v) is 19.2. The summed E-state index contributed by atoms with van der Waals surface area (Å²) in [5, 5.41) is 15.3. The van der Waals surface area contributed by atoms with E-state index in [2.05, 4.69) is 20.6 Å². The summed E-state index contributed by atoms with van der Waals surface area (Å²) in [6.45, 7) is 0.294. The van der Waals surface area contributed by atoms with Crippen molar-refractivity contribution in [2.24, 2.45) is 27.9 Å². The van der Waals surface area contributed by atoms with E-state index in [0.29, 0.717) is 13.0 Å². The summed E-state index contributed by atoms with van der Waals surface area (Å²) in [7, 11) is 0. The van der Waals surface area contributed by atoms with E-state index in [9.17, 15) is 24.3 Å². The number of aromatic amines is 1. The number of amides is 3. The smallest absolute Gasteiger partial charge is 0.326 e. The van der Waals surface area contributed by atoms with Gasteiger partial charge in [0.25, 0.3) is 0 Å². The van der Waals surface area contributed by atoms with Crippen LogP contribution in [0, 0.1) is 0 Å². The molecule has 1 aromatic heterocycles. The van der Waals surface area contributed by atoms with Gasteiger partial charge in [0.1, 0.15) is 12.1 Å². The van der Waals surface area contributed by atoms with E-state index in [-0.39, 0.29) is 31.6 Å². The lowest BCUT2D eigenvalue weighted by molar-refractivity contribution is -0.142. The molecule has 12 N–H and O–H groups in total. The third kappa shape index (κ3) is 8.62. The first-order valence-corrected chi connectivity index (χ1v) is 11.1.